The molecule has 3 aliphatic rings. The first kappa shape index (κ1) is 19.0. The van der Waals surface area contributed by atoms with E-state index < -0.39 is 6.10 Å². The van der Waals surface area contributed by atoms with Crippen LogP contribution in [0.2, 0.25) is 0 Å². The number of fused-ring (bicyclic) bond motifs is 2. The molecule has 7 heteroatoms. The Bertz CT molecular complexity index is 670. The fraction of sp³-hybridized carbons (Fsp3) is 0.579. The van der Waals surface area contributed by atoms with Crippen molar-refractivity contribution < 1.29 is 14.3 Å². The molecule has 1 N–H and O–H groups in total. The number of amides is 2. The van der Waals surface area contributed by atoms with Crippen molar-refractivity contribution >= 4 is 29.9 Å². The van der Waals surface area contributed by atoms with Gasteiger partial charge in [-0.05, 0) is 56.8 Å². The van der Waals surface area contributed by atoms with E-state index >= 15 is 0 Å². The van der Waals surface area contributed by atoms with Crippen LogP contribution in [0.25, 0.3) is 0 Å². The van der Waals surface area contributed by atoms with Crippen molar-refractivity contribution in [2.75, 3.05) is 37.6 Å². The van der Waals surface area contributed by atoms with Gasteiger partial charge in [0, 0.05) is 13.1 Å². The summed E-state index contributed by atoms with van der Waals surface area (Å²) in [7, 11) is 0. The Morgan fingerprint density at radius 2 is 1.85 bits per heavy atom. The van der Waals surface area contributed by atoms with Crippen molar-refractivity contribution in [1.82, 2.24) is 10.2 Å². The van der Waals surface area contributed by atoms with Crippen molar-refractivity contribution in [2.24, 2.45) is 11.8 Å². The van der Waals surface area contributed by atoms with Crippen LogP contribution < -0.4 is 15.0 Å². The summed E-state index contributed by atoms with van der Waals surface area (Å²) >= 11 is 0. The molecule has 0 saturated carbocycles. The second kappa shape index (κ2) is 7.84. The molecule has 26 heavy (non-hydrogen) atoms. The van der Waals surface area contributed by atoms with Gasteiger partial charge in [-0.3, -0.25) is 14.5 Å². The Morgan fingerprint density at radius 1 is 1.19 bits per heavy atom. The van der Waals surface area contributed by atoms with Crippen molar-refractivity contribution in [1.29, 1.82) is 0 Å². The third kappa shape index (κ3) is 3.53. The summed E-state index contributed by atoms with van der Waals surface area (Å²) < 4.78 is 5.65. The fourth-order valence-electron chi connectivity index (χ4n) is 4.22. The molecule has 0 radical (unpaired) electrons. The zero-order valence-electron chi connectivity index (χ0n) is 15.0. The molecule has 3 atom stereocenters. The molecule has 6 nitrogen and oxygen atoms in total. The lowest BCUT2D eigenvalue weighted by Gasteiger charge is -2.34. The van der Waals surface area contributed by atoms with Crippen LogP contribution in [0.5, 0.6) is 5.75 Å². The Balaban J connectivity index is 0.00000196. The summed E-state index contributed by atoms with van der Waals surface area (Å²) in [4.78, 5) is 29.0. The molecule has 3 heterocycles. The van der Waals surface area contributed by atoms with Gasteiger partial charge < -0.3 is 15.0 Å². The number of benzene rings is 1. The number of nitrogens with one attached hydrogen (secondary N) is 1. The lowest BCUT2D eigenvalue weighted by atomic mass is 9.92. The third-order valence-electron chi connectivity index (χ3n) is 5.74. The highest BCUT2D eigenvalue weighted by Gasteiger charge is 2.35. The number of ether oxygens (including phenoxy) is 1. The summed E-state index contributed by atoms with van der Waals surface area (Å²) in [6.45, 7) is 5.54. The van der Waals surface area contributed by atoms with Gasteiger partial charge >= 0.3 is 0 Å². The van der Waals surface area contributed by atoms with Crippen LogP contribution in [0.4, 0.5) is 5.69 Å². The Labute approximate surface area is 160 Å². The van der Waals surface area contributed by atoms with Crippen LogP contribution in [0.15, 0.2) is 24.3 Å². The van der Waals surface area contributed by atoms with Crippen LogP contribution in [0.3, 0.4) is 0 Å². The van der Waals surface area contributed by atoms with Gasteiger partial charge in [-0.1, -0.05) is 12.1 Å². The maximum absolute atomic E-state index is 12.9. The van der Waals surface area contributed by atoms with Gasteiger partial charge in [0.1, 0.15) is 12.3 Å². The number of halogens is 1. The number of carbonyl (C=O) groups is 2. The van der Waals surface area contributed by atoms with E-state index in [2.05, 4.69) is 5.32 Å². The highest BCUT2D eigenvalue weighted by atomic mass is 35.5. The summed E-state index contributed by atoms with van der Waals surface area (Å²) in [5.74, 6) is 1.92. The molecular formula is C19H26ClN3O3. The number of carbonyl (C=O) groups excluding carboxylic acids is 2. The van der Waals surface area contributed by atoms with E-state index in [0.29, 0.717) is 23.3 Å². The molecule has 1 aromatic carbocycles. The zero-order valence-corrected chi connectivity index (χ0v) is 15.8. The van der Waals surface area contributed by atoms with E-state index in [1.165, 1.54) is 0 Å². The molecule has 142 valence electrons. The van der Waals surface area contributed by atoms with E-state index in [0.717, 1.165) is 39.0 Å². The van der Waals surface area contributed by atoms with Gasteiger partial charge in [0.05, 0.1) is 5.69 Å². The van der Waals surface area contributed by atoms with Gasteiger partial charge in [0.25, 0.3) is 5.91 Å². The predicted octanol–water partition coefficient (Wildman–Crippen LogP) is 1.68. The first-order valence-electron chi connectivity index (χ1n) is 9.19. The van der Waals surface area contributed by atoms with Gasteiger partial charge in [-0.15, -0.1) is 12.4 Å². The van der Waals surface area contributed by atoms with Crippen LogP contribution >= 0.6 is 12.4 Å². The Hall–Kier alpha value is -1.79. The lowest BCUT2D eigenvalue weighted by Crippen LogP contribution is -2.49. The van der Waals surface area contributed by atoms with E-state index in [9.17, 15) is 9.59 Å². The molecular weight excluding hydrogens is 354 g/mol. The van der Waals surface area contributed by atoms with Crippen molar-refractivity contribution in [2.45, 2.75) is 25.9 Å². The minimum absolute atomic E-state index is 0. The summed E-state index contributed by atoms with van der Waals surface area (Å²) in [5.41, 5.74) is 0.690. The lowest BCUT2D eigenvalue weighted by molar-refractivity contribution is -0.133. The topological polar surface area (TPSA) is 61.9 Å². The summed E-state index contributed by atoms with van der Waals surface area (Å²) in [6.07, 6.45) is 1.54. The summed E-state index contributed by atoms with van der Waals surface area (Å²) in [5, 5.41) is 3.45. The molecule has 2 saturated heterocycles. The van der Waals surface area contributed by atoms with E-state index in [-0.39, 0.29) is 30.8 Å². The van der Waals surface area contributed by atoms with E-state index in [1.807, 2.05) is 29.2 Å². The standard InChI is InChI=1S/C19H25N3O3.ClH/c1-13-19(24)22(16-4-2-3-5-17(16)25-13)12-18(23)21-8-6-14-10-20-11-15(14)7-9-21;/h2-5,13-15,20H,6-12H2,1H3;1H/t13?,14-,15+;. The SMILES string of the molecule is CC1Oc2ccccc2N(CC(=O)N2CC[C@@H]3CNC[C@@H]3CC2)C1=O.Cl. The number of nitrogens with zero attached hydrogens (tertiary/aromatic N) is 2. The van der Waals surface area contributed by atoms with Gasteiger partial charge in [-0.2, -0.15) is 0 Å². The quantitative estimate of drug-likeness (QED) is 0.849. The molecule has 1 unspecified atom stereocenters. The molecule has 0 aliphatic carbocycles. The molecule has 2 fully saturated rings. The van der Waals surface area contributed by atoms with Crippen molar-refractivity contribution in [3.05, 3.63) is 24.3 Å². The third-order valence-corrected chi connectivity index (χ3v) is 5.74. The number of likely N-dealkylation sites (tertiary alicyclic amines) is 1. The van der Waals surface area contributed by atoms with Crippen LogP contribution in [-0.4, -0.2) is 55.5 Å². The number of hydrogen-bond donors (Lipinski definition) is 1. The Kier molecular flexibility index (Phi) is 5.73. The first-order valence-corrected chi connectivity index (χ1v) is 9.19. The number of anilines is 1. The highest BCUT2D eigenvalue weighted by Crippen LogP contribution is 2.34. The molecule has 2 amide bonds. The second-order valence-corrected chi connectivity index (χ2v) is 7.29. The van der Waals surface area contributed by atoms with Gasteiger partial charge in [0.15, 0.2) is 6.10 Å². The molecule has 1 aromatic rings. The van der Waals surface area contributed by atoms with Crippen LogP contribution in [0, 0.1) is 11.8 Å². The largest absolute Gasteiger partial charge is 0.479 e. The minimum Gasteiger partial charge on any atom is -0.479 e. The maximum Gasteiger partial charge on any atom is 0.268 e. The number of rotatable bonds is 2. The Morgan fingerprint density at radius 3 is 2.54 bits per heavy atom. The average Bonchev–Trinajstić information content (AvgIpc) is 2.97. The predicted molar refractivity (Wildman–Crippen MR) is 102 cm³/mol. The molecule has 0 spiro atoms. The normalized spacial score (nSPS) is 27.7. The maximum atomic E-state index is 12.9. The monoisotopic (exact) mass is 379 g/mol. The highest BCUT2D eigenvalue weighted by molar-refractivity contribution is 6.03. The fourth-order valence-corrected chi connectivity index (χ4v) is 4.22. The van der Waals surface area contributed by atoms with Crippen LogP contribution in [0.1, 0.15) is 19.8 Å². The van der Waals surface area contributed by atoms with Crippen LogP contribution in [-0.2, 0) is 9.59 Å². The number of hydrogen-bond acceptors (Lipinski definition) is 4. The van der Waals surface area contributed by atoms with Crippen molar-refractivity contribution in [3.63, 3.8) is 0 Å². The van der Waals surface area contributed by atoms with Gasteiger partial charge in [-0.25, -0.2) is 0 Å². The van der Waals surface area contributed by atoms with Crippen molar-refractivity contribution in [3.8, 4) is 5.75 Å². The van der Waals surface area contributed by atoms with Gasteiger partial charge in [0.2, 0.25) is 5.91 Å². The zero-order chi connectivity index (χ0) is 17.4. The smallest absolute Gasteiger partial charge is 0.268 e. The first-order chi connectivity index (χ1) is 12.1. The van der Waals surface area contributed by atoms with E-state index in [4.69, 9.17) is 4.74 Å². The second-order valence-electron chi connectivity index (χ2n) is 7.29. The summed E-state index contributed by atoms with van der Waals surface area (Å²) in [6, 6.07) is 7.42. The molecule has 4 rings (SSSR count). The average molecular weight is 380 g/mol. The minimum atomic E-state index is -0.558. The molecule has 0 bridgehead atoms. The van der Waals surface area contributed by atoms with E-state index in [1.54, 1.807) is 11.8 Å². The molecule has 0 aromatic heterocycles. The number of para-hydroxylation sites is 2. The molecule has 3 aliphatic heterocycles.